The van der Waals surface area contributed by atoms with Crippen molar-refractivity contribution in [1.82, 2.24) is 5.32 Å². The van der Waals surface area contributed by atoms with Gasteiger partial charge in [0.05, 0.1) is 0 Å². The van der Waals surface area contributed by atoms with Crippen LogP contribution in [0.25, 0.3) is 0 Å². The quantitative estimate of drug-likeness (QED) is 0.707. The summed E-state index contributed by atoms with van der Waals surface area (Å²) in [6.07, 6.45) is 1.29. The van der Waals surface area contributed by atoms with Crippen molar-refractivity contribution in [2.75, 3.05) is 6.54 Å². The van der Waals surface area contributed by atoms with Gasteiger partial charge in [-0.25, -0.2) is 0 Å². The molecule has 0 aromatic rings. The summed E-state index contributed by atoms with van der Waals surface area (Å²) in [5.74, 6) is 0.789. The van der Waals surface area contributed by atoms with Gasteiger partial charge < -0.3 is 5.32 Å². The number of hydrogen-bond acceptors (Lipinski definition) is 1. The molecule has 0 saturated heterocycles. The van der Waals surface area contributed by atoms with Crippen molar-refractivity contribution >= 4 is 0 Å². The monoisotopic (exact) mass is 185 g/mol. The highest BCUT2D eigenvalue weighted by Crippen LogP contribution is 2.24. The second kappa shape index (κ2) is 4.45. The molecule has 0 aromatic carbocycles. The molecule has 0 aliphatic rings. The van der Waals surface area contributed by atoms with Crippen LogP contribution in [0, 0.1) is 11.3 Å². The smallest absolute Gasteiger partial charge is 0.00967 e. The average Bonchev–Trinajstić information content (AvgIpc) is 1.79. The molecule has 1 N–H and O–H groups in total. The molecule has 0 aliphatic heterocycles. The Morgan fingerprint density at radius 2 is 1.46 bits per heavy atom. The van der Waals surface area contributed by atoms with Gasteiger partial charge >= 0.3 is 0 Å². The maximum atomic E-state index is 3.57. The molecule has 0 aliphatic carbocycles. The molecule has 0 aromatic heterocycles. The van der Waals surface area contributed by atoms with E-state index in [4.69, 9.17) is 0 Å². The second-order valence-electron chi connectivity index (χ2n) is 6.37. The third kappa shape index (κ3) is 8.29. The predicted octanol–water partition coefficient (Wildman–Crippen LogP) is 3.45. The second-order valence-corrected chi connectivity index (χ2v) is 6.37. The summed E-state index contributed by atoms with van der Waals surface area (Å²) < 4.78 is 0. The summed E-state index contributed by atoms with van der Waals surface area (Å²) >= 11 is 0. The Bertz CT molecular complexity index is 140. The van der Waals surface area contributed by atoms with Crippen LogP contribution in [0.3, 0.4) is 0 Å². The zero-order chi connectivity index (χ0) is 10.7. The van der Waals surface area contributed by atoms with E-state index in [1.807, 2.05) is 0 Å². The maximum absolute atomic E-state index is 3.57. The average molecular weight is 185 g/mol. The minimum Gasteiger partial charge on any atom is -0.312 e. The molecule has 0 rings (SSSR count). The molecule has 13 heavy (non-hydrogen) atoms. The van der Waals surface area contributed by atoms with E-state index in [1.54, 1.807) is 0 Å². The fourth-order valence-electron chi connectivity index (χ4n) is 1.68. The van der Waals surface area contributed by atoms with Crippen LogP contribution in [0.5, 0.6) is 0 Å². The van der Waals surface area contributed by atoms with E-state index >= 15 is 0 Å². The molecule has 80 valence electrons. The van der Waals surface area contributed by atoms with E-state index in [-0.39, 0.29) is 5.54 Å². The van der Waals surface area contributed by atoms with Gasteiger partial charge in [-0.3, -0.25) is 0 Å². The molecule has 0 fully saturated rings. The summed E-state index contributed by atoms with van der Waals surface area (Å²) in [7, 11) is 0. The van der Waals surface area contributed by atoms with Gasteiger partial charge in [-0.1, -0.05) is 27.7 Å². The Morgan fingerprint density at radius 1 is 1.00 bits per heavy atom. The highest BCUT2D eigenvalue weighted by atomic mass is 14.9. The molecule has 1 nitrogen and oxygen atoms in total. The van der Waals surface area contributed by atoms with Crippen LogP contribution in [0.15, 0.2) is 0 Å². The number of hydrogen-bond donors (Lipinski definition) is 1. The molecule has 0 bridgehead atoms. The topological polar surface area (TPSA) is 12.0 Å². The first-order valence-corrected chi connectivity index (χ1v) is 5.37. The Labute approximate surface area is 84.3 Å². The molecule has 0 radical (unpaired) electrons. The predicted molar refractivity (Wildman–Crippen MR) is 61.0 cm³/mol. The van der Waals surface area contributed by atoms with Crippen molar-refractivity contribution in [3.63, 3.8) is 0 Å². The van der Waals surface area contributed by atoms with Crippen LogP contribution in [0.2, 0.25) is 0 Å². The van der Waals surface area contributed by atoms with Gasteiger partial charge in [-0.15, -0.1) is 0 Å². The van der Waals surface area contributed by atoms with Crippen LogP contribution >= 0.6 is 0 Å². The lowest BCUT2D eigenvalue weighted by Crippen LogP contribution is -2.42. The van der Waals surface area contributed by atoms with Crippen molar-refractivity contribution in [2.24, 2.45) is 11.3 Å². The molecular formula is C12H27N. The summed E-state index contributed by atoms with van der Waals surface area (Å²) in [4.78, 5) is 0. The van der Waals surface area contributed by atoms with Gasteiger partial charge in [-0.2, -0.15) is 0 Å². The summed E-state index contributed by atoms with van der Waals surface area (Å²) in [5.41, 5.74) is 0.662. The van der Waals surface area contributed by atoms with E-state index in [1.165, 1.54) is 6.42 Å². The van der Waals surface area contributed by atoms with E-state index in [0.29, 0.717) is 5.41 Å². The lowest BCUT2D eigenvalue weighted by molar-refractivity contribution is 0.244. The zero-order valence-electron chi connectivity index (χ0n) is 10.5. The normalized spacial score (nSPS) is 13.8. The lowest BCUT2D eigenvalue weighted by Gasteiger charge is -2.31. The Hall–Kier alpha value is -0.0400. The zero-order valence-corrected chi connectivity index (χ0v) is 10.5. The maximum Gasteiger partial charge on any atom is 0.00967 e. The van der Waals surface area contributed by atoms with Crippen LogP contribution < -0.4 is 5.32 Å². The Morgan fingerprint density at radius 3 is 1.77 bits per heavy atom. The lowest BCUT2D eigenvalue weighted by atomic mass is 9.83. The fraction of sp³-hybridized carbons (Fsp3) is 1.00. The first kappa shape index (κ1) is 13.0. The van der Waals surface area contributed by atoms with Crippen LogP contribution in [-0.4, -0.2) is 12.1 Å². The number of rotatable bonds is 4. The minimum atomic E-state index is 0.244. The van der Waals surface area contributed by atoms with Crippen molar-refractivity contribution in [3.8, 4) is 0 Å². The minimum absolute atomic E-state index is 0.244. The Kier molecular flexibility index (Phi) is 4.44. The van der Waals surface area contributed by atoms with Gasteiger partial charge in [0.25, 0.3) is 0 Å². The van der Waals surface area contributed by atoms with Crippen LogP contribution in [-0.2, 0) is 0 Å². The first-order valence-electron chi connectivity index (χ1n) is 5.37. The van der Waals surface area contributed by atoms with Gasteiger partial charge in [0.15, 0.2) is 0 Å². The van der Waals surface area contributed by atoms with Crippen LogP contribution in [0.1, 0.15) is 54.9 Å². The van der Waals surface area contributed by atoms with Crippen molar-refractivity contribution in [1.29, 1.82) is 0 Å². The summed E-state index contributed by atoms with van der Waals surface area (Å²) in [5, 5.41) is 3.57. The Balaban J connectivity index is 3.89. The third-order valence-corrected chi connectivity index (χ3v) is 2.06. The molecule has 0 saturated carbocycles. The van der Waals surface area contributed by atoms with E-state index in [2.05, 4.69) is 53.8 Å². The molecule has 0 spiro atoms. The van der Waals surface area contributed by atoms with Crippen molar-refractivity contribution < 1.29 is 0 Å². The van der Waals surface area contributed by atoms with E-state index < -0.39 is 0 Å². The molecule has 1 heteroatoms. The third-order valence-electron chi connectivity index (χ3n) is 2.06. The molecule has 0 atom stereocenters. The summed E-state index contributed by atoms with van der Waals surface area (Å²) in [6.45, 7) is 17.0. The van der Waals surface area contributed by atoms with Crippen LogP contribution in [0.4, 0.5) is 0 Å². The summed E-state index contributed by atoms with van der Waals surface area (Å²) in [6, 6.07) is 0. The van der Waals surface area contributed by atoms with Crippen molar-refractivity contribution in [3.05, 3.63) is 0 Å². The van der Waals surface area contributed by atoms with Gasteiger partial charge in [0.1, 0.15) is 0 Å². The molecular weight excluding hydrogens is 158 g/mol. The molecule has 0 unspecified atom stereocenters. The van der Waals surface area contributed by atoms with Gasteiger partial charge in [-0.05, 0) is 38.5 Å². The molecule has 0 heterocycles. The number of nitrogens with one attached hydrogen (secondary N) is 1. The standard InChI is InChI=1S/C12H27N/c1-10(2)8-12(6,7)9-13-11(3,4)5/h10,13H,8-9H2,1-7H3. The van der Waals surface area contributed by atoms with Crippen molar-refractivity contribution in [2.45, 2.75) is 60.4 Å². The SMILES string of the molecule is CC(C)CC(C)(C)CNC(C)(C)C. The van der Waals surface area contributed by atoms with E-state index in [0.717, 1.165) is 12.5 Å². The fourth-order valence-corrected chi connectivity index (χ4v) is 1.68. The first-order chi connectivity index (χ1) is 5.62. The highest BCUT2D eigenvalue weighted by molar-refractivity contribution is 4.78. The van der Waals surface area contributed by atoms with Gasteiger partial charge in [0.2, 0.25) is 0 Å². The largest absolute Gasteiger partial charge is 0.312 e. The molecule has 0 amide bonds. The van der Waals surface area contributed by atoms with Gasteiger partial charge in [0, 0.05) is 12.1 Å². The highest BCUT2D eigenvalue weighted by Gasteiger charge is 2.21. The van der Waals surface area contributed by atoms with E-state index in [9.17, 15) is 0 Å².